The smallest absolute Gasteiger partial charge is 0.225 e. The van der Waals surface area contributed by atoms with Crippen LogP contribution in [-0.2, 0) is 14.6 Å². The summed E-state index contributed by atoms with van der Waals surface area (Å²) in [5, 5.41) is 4.40. The molecule has 0 fully saturated rings. The summed E-state index contributed by atoms with van der Waals surface area (Å²) in [5.74, 6) is 0.952. The molecule has 162 valence electrons. The van der Waals surface area contributed by atoms with Gasteiger partial charge in [-0.05, 0) is 48.4 Å². The predicted molar refractivity (Wildman–Crippen MR) is 120 cm³/mol. The minimum atomic E-state index is -3.79. The zero-order chi connectivity index (χ0) is 22.0. The number of carbonyl (C=O) groups excluding carboxylic acids is 1. The molecule has 3 aromatic rings. The van der Waals surface area contributed by atoms with Gasteiger partial charge in [0.15, 0.2) is 0 Å². The van der Waals surface area contributed by atoms with Gasteiger partial charge >= 0.3 is 0 Å². The van der Waals surface area contributed by atoms with Gasteiger partial charge in [-0.1, -0.05) is 19.1 Å². The first-order valence-corrected chi connectivity index (χ1v) is 12.3. The van der Waals surface area contributed by atoms with Crippen LogP contribution in [0.3, 0.4) is 0 Å². The lowest BCUT2D eigenvalue weighted by molar-refractivity contribution is -0.116. The van der Waals surface area contributed by atoms with Crippen LogP contribution >= 0.6 is 11.3 Å². The van der Waals surface area contributed by atoms with E-state index < -0.39 is 9.84 Å². The van der Waals surface area contributed by atoms with Crippen molar-refractivity contribution in [1.82, 2.24) is 0 Å². The number of nitrogens with one attached hydrogen (secondary N) is 1. The number of thiophene rings is 1. The molecule has 0 saturated heterocycles. The van der Waals surface area contributed by atoms with Crippen molar-refractivity contribution in [2.75, 3.05) is 19.0 Å². The maximum atomic E-state index is 13.3. The second-order valence-electron chi connectivity index (χ2n) is 7.24. The molecular formula is C23H23NO5S2. The topological polar surface area (TPSA) is 81.7 Å². The van der Waals surface area contributed by atoms with Crippen LogP contribution in [0, 0.1) is 0 Å². The van der Waals surface area contributed by atoms with E-state index in [0.717, 1.165) is 22.6 Å². The average Bonchev–Trinajstić information content (AvgIpc) is 3.22. The van der Waals surface area contributed by atoms with Crippen LogP contribution in [0.15, 0.2) is 63.7 Å². The Kier molecular flexibility index (Phi) is 6.02. The Balaban J connectivity index is 1.69. The number of amides is 1. The van der Waals surface area contributed by atoms with E-state index in [4.69, 9.17) is 9.47 Å². The Bertz CT molecular complexity index is 1180. The maximum absolute atomic E-state index is 13.3. The molecule has 6 nitrogen and oxygen atoms in total. The lowest BCUT2D eigenvalue weighted by Gasteiger charge is -2.24. The standard InChI is InChI=1S/C23H23NO5S2/c1-3-12-29-17-6-4-15(5-7-17)19-13-21(25)24-22-20(14-30-23(19)22)31(26,27)18-10-8-16(28-2)9-11-18/h4-11,14,19H,3,12-13H2,1-2H3,(H,24,25). The third kappa shape index (κ3) is 4.18. The van der Waals surface area contributed by atoms with Crippen LogP contribution < -0.4 is 14.8 Å². The van der Waals surface area contributed by atoms with E-state index in [0.29, 0.717) is 18.0 Å². The Labute approximate surface area is 185 Å². The highest BCUT2D eigenvalue weighted by Gasteiger charge is 2.34. The lowest BCUT2D eigenvalue weighted by atomic mass is 9.90. The molecule has 1 atom stereocenters. The molecule has 1 aliphatic heterocycles. The second kappa shape index (κ2) is 8.72. The number of hydrogen-bond donors (Lipinski definition) is 1. The molecule has 4 rings (SSSR count). The first kappa shape index (κ1) is 21.4. The van der Waals surface area contributed by atoms with Crippen LogP contribution in [0.1, 0.15) is 36.1 Å². The number of methoxy groups -OCH3 is 1. The molecule has 0 aliphatic carbocycles. The van der Waals surface area contributed by atoms with Crippen LogP contribution in [0.5, 0.6) is 11.5 Å². The number of rotatable bonds is 7. The molecule has 1 amide bonds. The van der Waals surface area contributed by atoms with Gasteiger partial charge in [0.25, 0.3) is 0 Å². The third-order valence-electron chi connectivity index (χ3n) is 5.17. The van der Waals surface area contributed by atoms with Gasteiger partial charge in [0.1, 0.15) is 16.4 Å². The summed E-state index contributed by atoms with van der Waals surface area (Å²) in [7, 11) is -2.26. The number of sulfone groups is 1. The zero-order valence-electron chi connectivity index (χ0n) is 17.3. The molecule has 1 aromatic heterocycles. The summed E-state index contributed by atoms with van der Waals surface area (Å²) in [4.78, 5) is 13.6. The Morgan fingerprint density at radius 1 is 1.06 bits per heavy atom. The van der Waals surface area contributed by atoms with Gasteiger partial charge in [-0.2, -0.15) is 0 Å². The Morgan fingerprint density at radius 3 is 2.39 bits per heavy atom. The molecule has 0 bridgehead atoms. The largest absolute Gasteiger partial charge is 0.497 e. The van der Waals surface area contributed by atoms with Crippen molar-refractivity contribution in [2.45, 2.75) is 35.5 Å². The van der Waals surface area contributed by atoms with Crippen LogP contribution in [-0.4, -0.2) is 28.0 Å². The van der Waals surface area contributed by atoms with Gasteiger partial charge in [0.05, 0.1) is 24.3 Å². The molecule has 0 saturated carbocycles. The molecule has 1 N–H and O–H groups in total. The molecule has 1 aliphatic rings. The minimum absolute atomic E-state index is 0.124. The number of ether oxygens (including phenoxy) is 2. The van der Waals surface area contributed by atoms with E-state index in [1.807, 2.05) is 31.2 Å². The summed E-state index contributed by atoms with van der Waals surface area (Å²) >= 11 is 1.35. The van der Waals surface area contributed by atoms with E-state index in [1.54, 1.807) is 17.5 Å². The quantitative estimate of drug-likeness (QED) is 0.548. The van der Waals surface area contributed by atoms with Crippen molar-refractivity contribution in [1.29, 1.82) is 0 Å². The van der Waals surface area contributed by atoms with Crippen LogP contribution in [0.25, 0.3) is 0 Å². The first-order chi connectivity index (χ1) is 14.9. The van der Waals surface area contributed by atoms with E-state index in [1.165, 1.54) is 30.6 Å². The van der Waals surface area contributed by atoms with Crippen molar-refractivity contribution in [3.8, 4) is 11.5 Å². The Morgan fingerprint density at radius 2 is 1.74 bits per heavy atom. The average molecular weight is 458 g/mol. The summed E-state index contributed by atoms with van der Waals surface area (Å²) in [6, 6.07) is 13.9. The van der Waals surface area contributed by atoms with Crippen molar-refractivity contribution in [3.05, 3.63) is 64.4 Å². The number of anilines is 1. The van der Waals surface area contributed by atoms with Crippen molar-refractivity contribution < 1.29 is 22.7 Å². The maximum Gasteiger partial charge on any atom is 0.225 e. The summed E-state index contributed by atoms with van der Waals surface area (Å²) in [6.07, 6.45) is 1.19. The van der Waals surface area contributed by atoms with E-state index in [-0.39, 0.29) is 28.0 Å². The first-order valence-electron chi connectivity index (χ1n) is 9.97. The highest BCUT2D eigenvalue weighted by molar-refractivity contribution is 7.91. The second-order valence-corrected chi connectivity index (χ2v) is 10.1. The summed E-state index contributed by atoms with van der Waals surface area (Å²) < 4.78 is 37.3. The normalized spacial score (nSPS) is 15.8. The summed E-state index contributed by atoms with van der Waals surface area (Å²) in [6.45, 7) is 2.69. The Hall–Kier alpha value is -2.84. The van der Waals surface area contributed by atoms with E-state index in [9.17, 15) is 13.2 Å². The molecule has 2 heterocycles. The van der Waals surface area contributed by atoms with E-state index in [2.05, 4.69) is 5.32 Å². The van der Waals surface area contributed by atoms with E-state index >= 15 is 0 Å². The number of fused-ring (bicyclic) bond motifs is 1. The van der Waals surface area contributed by atoms with Crippen LogP contribution in [0.4, 0.5) is 5.69 Å². The van der Waals surface area contributed by atoms with Gasteiger partial charge in [-0.3, -0.25) is 4.79 Å². The third-order valence-corrected chi connectivity index (χ3v) is 8.21. The molecule has 31 heavy (non-hydrogen) atoms. The minimum Gasteiger partial charge on any atom is -0.497 e. The molecule has 2 aromatic carbocycles. The number of benzene rings is 2. The summed E-state index contributed by atoms with van der Waals surface area (Å²) in [5.41, 5.74) is 1.34. The highest BCUT2D eigenvalue weighted by Crippen LogP contribution is 2.46. The monoisotopic (exact) mass is 457 g/mol. The van der Waals surface area contributed by atoms with Gasteiger partial charge in [0.2, 0.25) is 15.7 Å². The van der Waals surface area contributed by atoms with Crippen molar-refractivity contribution >= 4 is 32.8 Å². The van der Waals surface area contributed by atoms with Gasteiger partial charge < -0.3 is 14.8 Å². The fourth-order valence-corrected chi connectivity index (χ4v) is 6.48. The molecule has 8 heteroatoms. The SMILES string of the molecule is CCCOc1ccc(C2CC(=O)Nc3c(S(=O)(=O)c4ccc(OC)cc4)csc32)cc1. The fraction of sp³-hybridized carbons (Fsp3) is 0.261. The highest BCUT2D eigenvalue weighted by atomic mass is 32.2. The predicted octanol–water partition coefficient (Wildman–Crippen LogP) is 4.85. The van der Waals surface area contributed by atoms with Crippen LogP contribution in [0.2, 0.25) is 0 Å². The molecular weight excluding hydrogens is 434 g/mol. The van der Waals surface area contributed by atoms with Gasteiger partial charge in [-0.15, -0.1) is 11.3 Å². The van der Waals surface area contributed by atoms with Crippen molar-refractivity contribution in [2.24, 2.45) is 0 Å². The molecule has 0 radical (unpaired) electrons. The molecule has 0 spiro atoms. The van der Waals surface area contributed by atoms with Gasteiger partial charge in [-0.25, -0.2) is 8.42 Å². The zero-order valence-corrected chi connectivity index (χ0v) is 18.9. The number of carbonyl (C=O) groups is 1. The molecule has 1 unspecified atom stereocenters. The lowest BCUT2D eigenvalue weighted by Crippen LogP contribution is -2.23. The fourth-order valence-electron chi connectivity index (χ4n) is 3.57. The van der Waals surface area contributed by atoms with Gasteiger partial charge in [0, 0.05) is 22.6 Å². The van der Waals surface area contributed by atoms with Crippen molar-refractivity contribution in [3.63, 3.8) is 0 Å². The number of hydrogen-bond acceptors (Lipinski definition) is 6.